The van der Waals surface area contributed by atoms with Crippen molar-refractivity contribution in [1.82, 2.24) is 24.2 Å². The van der Waals surface area contributed by atoms with Crippen LogP contribution in [0.25, 0.3) is 22.0 Å². The zero-order chi connectivity index (χ0) is 28.7. The fourth-order valence-corrected chi connectivity index (χ4v) is 6.80. The third kappa shape index (κ3) is 5.93. The highest BCUT2D eigenvalue weighted by Gasteiger charge is 2.38. The van der Waals surface area contributed by atoms with Crippen LogP contribution in [0.2, 0.25) is 5.02 Å². The minimum atomic E-state index is -4.02. The molecule has 1 amide bonds. The van der Waals surface area contributed by atoms with Crippen LogP contribution in [0.15, 0.2) is 66.2 Å². The number of H-pyrrole nitrogens is 1. The molecule has 0 bridgehead atoms. The van der Waals surface area contributed by atoms with Crippen LogP contribution in [0.3, 0.4) is 0 Å². The molecule has 1 aromatic carbocycles. The molecule has 0 aliphatic carbocycles. The van der Waals surface area contributed by atoms with Crippen molar-refractivity contribution in [2.45, 2.75) is 17.5 Å². The van der Waals surface area contributed by atoms with Gasteiger partial charge in [0.15, 0.2) is 12.4 Å². The minimum Gasteiger partial charge on any atom is -0.619 e. The van der Waals surface area contributed by atoms with Gasteiger partial charge in [-0.25, -0.2) is 31.9 Å². The van der Waals surface area contributed by atoms with Gasteiger partial charge in [0.2, 0.25) is 15.8 Å². The molecule has 4 aromatic rings. The second-order valence-electron chi connectivity index (χ2n) is 9.28. The first kappa shape index (κ1) is 27.9. The number of rotatable bonds is 7. The van der Waals surface area contributed by atoms with E-state index < -0.39 is 37.7 Å². The summed E-state index contributed by atoms with van der Waals surface area (Å²) in [6.07, 6.45) is 5.43. The van der Waals surface area contributed by atoms with E-state index in [1.54, 1.807) is 30.3 Å². The molecule has 0 saturated carbocycles. The van der Waals surface area contributed by atoms with Gasteiger partial charge in [-0.15, -0.1) is 0 Å². The quantitative estimate of drug-likeness (QED) is 0.231. The van der Waals surface area contributed by atoms with Crippen molar-refractivity contribution in [2.24, 2.45) is 5.14 Å². The zero-order valence-electron chi connectivity index (χ0n) is 20.8. The largest absolute Gasteiger partial charge is 0.619 e. The second kappa shape index (κ2) is 10.7. The standard InChI is InChI=1S/C24H24ClN7O6S2/c25-19-1-2-21-17(11-19)12-22(29-21)40(37,38)31-8-9-32(20(15-31)5-10-39(26,35)36)24(33)23-27-13-18(14-28-23)16-3-6-30(34)7-4-16/h1-4,6-7,11-14,20,29H,5,8-10,15H2,(H2,26,35,36). The van der Waals surface area contributed by atoms with Gasteiger partial charge in [-0.05, 0) is 36.2 Å². The number of carbonyl (C=O) groups is 1. The summed E-state index contributed by atoms with van der Waals surface area (Å²) >= 11 is 6.03. The molecule has 1 saturated heterocycles. The van der Waals surface area contributed by atoms with Crippen molar-refractivity contribution in [1.29, 1.82) is 0 Å². The van der Waals surface area contributed by atoms with Gasteiger partial charge in [0.25, 0.3) is 15.9 Å². The van der Waals surface area contributed by atoms with Crippen molar-refractivity contribution in [3.63, 3.8) is 0 Å². The molecule has 1 unspecified atom stereocenters. The van der Waals surface area contributed by atoms with E-state index in [1.807, 2.05) is 0 Å². The molecule has 13 nitrogen and oxygen atoms in total. The Labute approximate surface area is 234 Å². The fourth-order valence-electron chi connectivity index (χ4n) is 4.54. The van der Waals surface area contributed by atoms with Gasteiger partial charge in [0, 0.05) is 71.7 Å². The van der Waals surface area contributed by atoms with Crippen LogP contribution < -0.4 is 9.87 Å². The molecule has 4 heterocycles. The molecule has 1 aliphatic heterocycles. The van der Waals surface area contributed by atoms with Gasteiger partial charge in [-0.1, -0.05) is 11.6 Å². The Morgan fingerprint density at radius 3 is 2.45 bits per heavy atom. The Morgan fingerprint density at radius 1 is 1.07 bits per heavy atom. The number of benzene rings is 1. The van der Waals surface area contributed by atoms with Gasteiger partial charge in [-0.2, -0.15) is 9.04 Å². The number of carbonyl (C=O) groups excluding carboxylic acids is 1. The molecule has 3 N–H and O–H groups in total. The minimum absolute atomic E-state index is 0.0211. The van der Waals surface area contributed by atoms with Gasteiger partial charge in [-0.3, -0.25) is 4.79 Å². The lowest BCUT2D eigenvalue weighted by Crippen LogP contribution is -2.57. The third-order valence-electron chi connectivity index (χ3n) is 6.60. The summed E-state index contributed by atoms with van der Waals surface area (Å²) in [5, 5.41) is 17.5. The van der Waals surface area contributed by atoms with Gasteiger partial charge < -0.3 is 15.1 Å². The highest BCUT2D eigenvalue weighted by molar-refractivity contribution is 7.89. The van der Waals surface area contributed by atoms with Crippen molar-refractivity contribution in [3.8, 4) is 11.1 Å². The summed E-state index contributed by atoms with van der Waals surface area (Å²) in [6.45, 7) is -0.211. The van der Waals surface area contributed by atoms with E-state index in [1.165, 1.54) is 40.1 Å². The lowest BCUT2D eigenvalue weighted by molar-refractivity contribution is -0.605. The van der Waals surface area contributed by atoms with Crippen molar-refractivity contribution >= 4 is 48.5 Å². The molecule has 1 aliphatic rings. The number of fused-ring (bicyclic) bond motifs is 1. The normalized spacial score (nSPS) is 16.9. The number of primary sulfonamides is 1. The predicted octanol–water partition coefficient (Wildman–Crippen LogP) is 1.11. The monoisotopic (exact) mass is 605 g/mol. The first-order valence-electron chi connectivity index (χ1n) is 12.0. The lowest BCUT2D eigenvalue weighted by Gasteiger charge is -2.40. The van der Waals surface area contributed by atoms with Crippen LogP contribution in [0.4, 0.5) is 0 Å². The summed E-state index contributed by atoms with van der Waals surface area (Å²) < 4.78 is 52.3. The van der Waals surface area contributed by atoms with E-state index >= 15 is 0 Å². The van der Waals surface area contributed by atoms with Crippen LogP contribution in [0, 0.1) is 5.21 Å². The Balaban J connectivity index is 1.38. The smallest absolute Gasteiger partial charge is 0.291 e. The molecule has 0 radical (unpaired) electrons. The molecule has 16 heteroatoms. The second-order valence-corrected chi connectivity index (χ2v) is 13.4. The average molecular weight is 606 g/mol. The van der Waals surface area contributed by atoms with Gasteiger partial charge >= 0.3 is 0 Å². The van der Waals surface area contributed by atoms with Crippen molar-refractivity contribution in [2.75, 3.05) is 25.4 Å². The van der Waals surface area contributed by atoms with Gasteiger partial charge in [0.05, 0.1) is 5.75 Å². The molecule has 0 spiro atoms. The number of aromatic amines is 1. The number of hydrogen-bond acceptors (Lipinski definition) is 8. The maximum absolute atomic E-state index is 13.5. The number of aromatic nitrogens is 4. The maximum atomic E-state index is 13.5. The molecule has 1 fully saturated rings. The van der Waals surface area contributed by atoms with E-state index in [9.17, 15) is 26.8 Å². The van der Waals surface area contributed by atoms with Crippen LogP contribution in [-0.4, -0.2) is 78.3 Å². The Morgan fingerprint density at radius 2 is 1.77 bits per heavy atom. The van der Waals surface area contributed by atoms with Crippen LogP contribution in [-0.2, 0) is 20.0 Å². The zero-order valence-corrected chi connectivity index (χ0v) is 23.2. The first-order chi connectivity index (χ1) is 18.9. The first-order valence-corrected chi connectivity index (χ1v) is 15.6. The third-order valence-corrected chi connectivity index (χ3v) is 9.42. The number of amides is 1. The van der Waals surface area contributed by atoms with Crippen LogP contribution in [0.5, 0.6) is 0 Å². The molecule has 5 rings (SSSR count). The number of hydrogen-bond donors (Lipinski definition) is 2. The maximum Gasteiger partial charge on any atom is 0.291 e. The molecule has 210 valence electrons. The molecule has 3 aromatic heterocycles. The number of sulfonamides is 2. The Bertz CT molecular complexity index is 1780. The number of nitrogens with one attached hydrogen (secondary N) is 1. The van der Waals surface area contributed by atoms with Gasteiger partial charge in [0.1, 0.15) is 5.03 Å². The number of nitrogens with zero attached hydrogens (tertiary/aromatic N) is 5. The summed E-state index contributed by atoms with van der Waals surface area (Å²) in [5.74, 6) is -1.16. The van der Waals surface area contributed by atoms with Crippen molar-refractivity contribution < 1.29 is 26.4 Å². The van der Waals surface area contributed by atoms with E-state index in [4.69, 9.17) is 16.7 Å². The summed E-state index contributed by atoms with van der Waals surface area (Å²) in [5.41, 5.74) is 1.85. The van der Waals surface area contributed by atoms with E-state index in [0.29, 0.717) is 31.8 Å². The van der Waals surface area contributed by atoms with E-state index in [0.717, 1.165) is 0 Å². The topological polar surface area (TPSA) is 186 Å². The van der Waals surface area contributed by atoms with E-state index in [-0.39, 0.29) is 36.9 Å². The summed E-state index contributed by atoms with van der Waals surface area (Å²) in [4.78, 5) is 26.0. The van der Waals surface area contributed by atoms with Crippen molar-refractivity contribution in [3.05, 3.63) is 77.2 Å². The summed E-state index contributed by atoms with van der Waals surface area (Å²) in [6, 6.07) is 8.78. The SMILES string of the molecule is NS(=O)(=O)CCC1CN(S(=O)(=O)c2cc3cc(Cl)ccc3[nH]2)CCN1C(=O)c1ncc(-c2cc[n+]([O-])cc2)cn1. The molecule has 40 heavy (non-hydrogen) atoms. The number of piperazine rings is 1. The van der Waals surface area contributed by atoms with E-state index in [2.05, 4.69) is 15.0 Å². The summed E-state index contributed by atoms with van der Waals surface area (Å²) in [7, 11) is -7.90. The molecule has 1 atom stereocenters. The predicted molar refractivity (Wildman–Crippen MR) is 146 cm³/mol. The van der Waals surface area contributed by atoms with Crippen LogP contribution in [0.1, 0.15) is 17.0 Å². The number of pyridine rings is 1. The highest BCUT2D eigenvalue weighted by Crippen LogP contribution is 2.27. The Hall–Kier alpha value is -3.63. The number of halogens is 1. The molecular weight excluding hydrogens is 582 g/mol. The van der Waals surface area contributed by atoms with Crippen LogP contribution >= 0.6 is 11.6 Å². The number of nitrogens with two attached hydrogens (primary N) is 1. The molecular formula is C24H24ClN7O6S2. The highest BCUT2D eigenvalue weighted by atomic mass is 35.5. The fraction of sp³-hybridized carbons (Fsp3) is 0.250. The Kier molecular flexibility index (Phi) is 7.50. The lowest BCUT2D eigenvalue weighted by atomic mass is 10.1. The average Bonchev–Trinajstić information content (AvgIpc) is 3.36.